The molecule has 0 aliphatic heterocycles. The smallest absolute Gasteiger partial charge is 0.248 e. The molecule has 0 bridgehead atoms. The van der Waals surface area contributed by atoms with Gasteiger partial charge in [-0.1, -0.05) is 0 Å². The average molecular weight is 357 g/mol. The van der Waals surface area contributed by atoms with Gasteiger partial charge < -0.3 is 11.1 Å². The number of hydrogen-bond donors (Lipinski definition) is 2. The van der Waals surface area contributed by atoms with Gasteiger partial charge in [-0.3, -0.25) is 4.79 Å². The van der Waals surface area contributed by atoms with Gasteiger partial charge in [0.2, 0.25) is 5.91 Å². The lowest BCUT2D eigenvalue weighted by molar-refractivity contribution is 0.1000. The molecule has 0 spiro atoms. The first-order valence-electron chi connectivity index (χ1n) is 5.97. The number of aryl methyl sites for hydroxylation is 1. The molecule has 0 unspecified atom stereocenters. The molecule has 106 valence electrons. The highest BCUT2D eigenvalue weighted by Gasteiger charge is 2.11. The van der Waals surface area contributed by atoms with Crippen LogP contribution in [0.15, 0.2) is 22.7 Å². The maximum atomic E-state index is 13.7. The Kier molecular flexibility index (Phi) is 4.45. The third-order valence-corrected chi connectivity index (χ3v) is 5.13. The Bertz CT molecular complexity index is 650. The number of amides is 1. The van der Waals surface area contributed by atoms with Crippen LogP contribution in [0.25, 0.3) is 0 Å². The van der Waals surface area contributed by atoms with Crippen molar-refractivity contribution in [2.45, 2.75) is 20.4 Å². The molecule has 0 aliphatic rings. The summed E-state index contributed by atoms with van der Waals surface area (Å²) < 4.78 is 14.8. The van der Waals surface area contributed by atoms with Crippen molar-refractivity contribution in [3.63, 3.8) is 0 Å². The molecule has 2 aromatic rings. The first-order valence-corrected chi connectivity index (χ1v) is 7.58. The fourth-order valence-corrected chi connectivity index (χ4v) is 3.33. The summed E-state index contributed by atoms with van der Waals surface area (Å²) in [7, 11) is 0. The van der Waals surface area contributed by atoms with Crippen LogP contribution >= 0.6 is 27.3 Å². The molecular weight excluding hydrogens is 343 g/mol. The summed E-state index contributed by atoms with van der Waals surface area (Å²) in [6.45, 7) is 4.26. The first kappa shape index (κ1) is 15.0. The Morgan fingerprint density at radius 3 is 2.65 bits per heavy atom. The van der Waals surface area contributed by atoms with E-state index in [0.29, 0.717) is 17.8 Å². The predicted molar refractivity (Wildman–Crippen MR) is 83.7 cm³/mol. The maximum absolute atomic E-state index is 13.7. The van der Waals surface area contributed by atoms with Gasteiger partial charge in [0.15, 0.2) is 0 Å². The number of nitrogens with two attached hydrogens (primary N) is 1. The number of carbonyl (C=O) groups is 1. The molecule has 0 saturated carbocycles. The summed E-state index contributed by atoms with van der Waals surface area (Å²) in [6, 6.07) is 4.77. The molecule has 0 saturated heterocycles. The quantitative estimate of drug-likeness (QED) is 0.870. The second-order valence-electron chi connectivity index (χ2n) is 4.47. The predicted octanol–water partition coefficient (Wildman–Crippen LogP) is 3.98. The van der Waals surface area contributed by atoms with E-state index in [1.54, 1.807) is 24.3 Å². The summed E-state index contributed by atoms with van der Waals surface area (Å²) in [5.74, 6) is -1.07. The van der Waals surface area contributed by atoms with Gasteiger partial charge in [-0.05, 0) is 48.0 Å². The lowest BCUT2D eigenvalue weighted by atomic mass is 10.1. The van der Waals surface area contributed by atoms with Crippen molar-refractivity contribution in [3.05, 3.63) is 49.4 Å². The minimum Gasteiger partial charge on any atom is -0.380 e. The highest BCUT2D eigenvalue weighted by Crippen LogP contribution is 2.28. The number of anilines is 1. The highest BCUT2D eigenvalue weighted by atomic mass is 79.9. The van der Waals surface area contributed by atoms with Gasteiger partial charge in [0.25, 0.3) is 0 Å². The van der Waals surface area contributed by atoms with Crippen molar-refractivity contribution in [3.8, 4) is 0 Å². The third-order valence-electron chi connectivity index (χ3n) is 2.99. The van der Waals surface area contributed by atoms with Crippen LogP contribution in [-0.2, 0) is 6.54 Å². The van der Waals surface area contributed by atoms with E-state index in [2.05, 4.69) is 21.2 Å². The summed E-state index contributed by atoms with van der Waals surface area (Å²) in [5, 5.41) is 3.15. The third kappa shape index (κ3) is 3.19. The van der Waals surface area contributed by atoms with E-state index in [1.165, 1.54) is 4.88 Å². The number of primary amides is 1. The standard InChI is InChI=1S/C14H14BrFN2OS/c1-7-12(16)3-9(14(17)19)4-13(7)18-6-10-5-11(15)8(2)20-10/h3-5,18H,6H2,1-2H3,(H2,17,19). The van der Waals surface area contributed by atoms with Gasteiger partial charge in [-0.25, -0.2) is 4.39 Å². The van der Waals surface area contributed by atoms with E-state index in [1.807, 2.05) is 13.0 Å². The fourth-order valence-electron chi connectivity index (χ4n) is 1.79. The highest BCUT2D eigenvalue weighted by molar-refractivity contribution is 9.10. The summed E-state index contributed by atoms with van der Waals surface area (Å²) in [6.07, 6.45) is 0. The summed E-state index contributed by atoms with van der Waals surface area (Å²) >= 11 is 5.12. The fraction of sp³-hybridized carbons (Fsp3) is 0.214. The van der Waals surface area contributed by atoms with Crippen molar-refractivity contribution in [1.29, 1.82) is 0 Å². The van der Waals surface area contributed by atoms with Crippen LogP contribution in [0.3, 0.4) is 0 Å². The molecule has 0 aliphatic carbocycles. The summed E-state index contributed by atoms with van der Waals surface area (Å²) in [4.78, 5) is 13.5. The van der Waals surface area contributed by atoms with Crippen LogP contribution in [0.5, 0.6) is 0 Å². The lowest BCUT2D eigenvalue weighted by Crippen LogP contribution is -2.12. The molecule has 1 heterocycles. The topological polar surface area (TPSA) is 55.1 Å². The molecule has 3 nitrogen and oxygen atoms in total. The average Bonchev–Trinajstić information content (AvgIpc) is 2.70. The molecule has 1 amide bonds. The van der Waals surface area contributed by atoms with Crippen molar-refractivity contribution in [2.75, 3.05) is 5.32 Å². The van der Waals surface area contributed by atoms with Crippen LogP contribution in [0, 0.1) is 19.7 Å². The zero-order valence-corrected chi connectivity index (χ0v) is 13.5. The Hall–Kier alpha value is -1.40. The van der Waals surface area contributed by atoms with E-state index in [4.69, 9.17) is 5.73 Å². The van der Waals surface area contributed by atoms with Gasteiger partial charge in [0, 0.05) is 37.6 Å². The van der Waals surface area contributed by atoms with Gasteiger partial charge in [-0.2, -0.15) is 0 Å². The number of nitrogens with one attached hydrogen (secondary N) is 1. The largest absolute Gasteiger partial charge is 0.380 e. The van der Waals surface area contributed by atoms with Gasteiger partial charge >= 0.3 is 0 Å². The summed E-state index contributed by atoms with van der Waals surface area (Å²) in [5.41, 5.74) is 6.42. The molecule has 3 N–H and O–H groups in total. The second kappa shape index (κ2) is 5.93. The minimum atomic E-state index is -0.637. The Morgan fingerprint density at radius 1 is 1.40 bits per heavy atom. The van der Waals surface area contributed by atoms with Crippen molar-refractivity contribution >= 4 is 38.9 Å². The SMILES string of the molecule is Cc1sc(CNc2cc(C(N)=O)cc(F)c2C)cc1Br. The molecule has 2 rings (SSSR count). The molecule has 0 atom stereocenters. The monoisotopic (exact) mass is 356 g/mol. The Balaban J connectivity index is 2.22. The van der Waals surface area contributed by atoms with Crippen LogP contribution in [0.4, 0.5) is 10.1 Å². The van der Waals surface area contributed by atoms with Crippen LogP contribution in [0.2, 0.25) is 0 Å². The van der Waals surface area contributed by atoms with Crippen LogP contribution in [-0.4, -0.2) is 5.91 Å². The van der Waals surface area contributed by atoms with Crippen LogP contribution in [0.1, 0.15) is 25.7 Å². The maximum Gasteiger partial charge on any atom is 0.248 e. The first-order chi connectivity index (χ1) is 9.38. The molecule has 0 radical (unpaired) electrons. The molecule has 1 aromatic heterocycles. The minimum absolute atomic E-state index is 0.166. The van der Waals surface area contributed by atoms with Crippen LogP contribution < -0.4 is 11.1 Å². The van der Waals surface area contributed by atoms with E-state index in [-0.39, 0.29) is 5.56 Å². The Labute approximate surface area is 129 Å². The lowest BCUT2D eigenvalue weighted by Gasteiger charge is -2.11. The van der Waals surface area contributed by atoms with E-state index >= 15 is 0 Å². The van der Waals surface area contributed by atoms with E-state index in [9.17, 15) is 9.18 Å². The van der Waals surface area contributed by atoms with Gasteiger partial charge in [0.05, 0.1) is 0 Å². The van der Waals surface area contributed by atoms with Gasteiger partial charge in [-0.15, -0.1) is 11.3 Å². The number of rotatable bonds is 4. The zero-order valence-electron chi connectivity index (χ0n) is 11.1. The number of benzene rings is 1. The molecule has 0 fully saturated rings. The van der Waals surface area contributed by atoms with E-state index < -0.39 is 11.7 Å². The zero-order chi connectivity index (χ0) is 14.9. The number of hydrogen-bond acceptors (Lipinski definition) is 3. The van der Waals surface area contributed by atoms with Crippen molar-refractivity contribution < 1.29 is 9.18 Å². The number of halogens is 2. The normalized spacial score (nSPS) is 10.6. The van der Waals surface area contributed by atoms with Gasteiger partial charge in [0.1, 0.15) is 5.82 Å². The van der Waals surface area contributed by atoms with Crippen molar-refractivity contribution in [2.24, 2.45) is 5.73 Å². The van der Waals surface area contributed by atoms with Crippen molar-refractivity contribution in [1.82, 2.24) is 0 Å². The molecule has 1 aromatic carbocycles. The van der Waals surface area contributed by atoms with E-state index in [0.717, 1.165) is 15.4 Å². The number of thiophene rings is 1. The molecular formula is C14H14BrFN2OS. The second-order valence-corrected chi connectivity index (χ2v) is 6.66. The molecule has 20 heavy (non-hydrogen) atoms. The molecule has 6 heteroatoms. The Morgan fingerprint density at radius 2 is 2.10 bits per heavy atom. The number of carbonyl (C=O) groups excluding carboxylic acids is 1.